The van der Waals surface area contributed by atoms with Gasteiger partial charge in [0.05, 0.1) is 7.11 Å². The zero-order valence-corrected chi connectivity index (χ0v) is 14.9. The van der Waals surface area contributed by atoms with Crippen LogP contribution in [-0.4, -0.2) is 44.1 Å². The van der Waals surface area contributed by atoms with Crippen LogP contribution in [0.25, 0.3) is 6.08 Å². The Kier molecular flexibility index (Phi) is 5.20. The lowest BCUT2D eigenvalue weighted by Gasteiger charge is -2.36. The van der Waals surface area contributed by atoms with Crippen molar-refractivity contribution in [3.05, 3.63) is 52.2 Å². The van der Waals surface area contributed by atoms with Crippen LogP contribution in [0, 0.1) is 0 Å². The summed E-state index contributed by atoms with van der Waals surface area (Å²) in [6.45, 7) is 5.10. The number of nitrogens with zero attached hydrogens (tertiary/aromatic N) is 2. The second kappa shape index (κ2) is 7.53. The van der Waals surface area contributed by atoms with Crippen molar-refractivity contribution in [3.63, 3.8) is 0 Å². The molecule has 1 saturated heterocycles. The van der Waals surface area contributed by atoms with Crippen LogP contribution in [0.4, 0.5) is 5.69 Å². The van der Waals surface area contributed by atoms with Crippen LogP contribution in [0.1, 0.15) is 11.8 Å². The Hall–Kier alpha value is -2.27. The van der Waals surface area contributed by atoms with Crippen molar-refractivity contribution >= 4 is 29.0 Å². The fourth-order valence-electron chi connectivity index (χ4n) is 2.86. The van der Waals surface area contributed by atoms with E-state index in [-0.39, 0.29) is 5.91 Å². The van der Waals surface area contributed by atoms with Gasteiger partial charge >= 0.3 is 0 Å². The van der Waals surface area contributed by atoms with Crippen molar-refractivity contribution in [1.82, 2.24) is 4.90 Å². The number of piperazine rings is 1. The van der Waals surface area contributed by atoms with E-state index in [1.54, 1.807) is 18.4 Å². The van der Waals surface area contributed by atoms with Crippen LogP contribution in [0.2, 0.25) is 0 Å². The van der Waals surface area contributed by atoms with E-state index in [2.05, 4.69) is 17.0 Å². The van der Waals surface area contributed by atoms with Crippen LogP contribution in [0.5, 0.6) is 5.75 Å². The fraction of sp³-hybridized carbons (Fsp3) is 0.316. The van der Waals surface area contributed by atoms with E-state index in [1.807, 2.05) is 47.5 Å². The van der Waals surface area contributed by atoms with Gasteiger partial charge in [0.2, 0.25) is 5.91 Å². The predicted octanol–water partition coefficient (Wildman–Crippen LogP) is 3.51. The standard InChI is InChI=1S/C19H22N2O2S/c1-15(14-18-4-3-13-24-18)19(22)21-11-9-20(10-12-21)16-5-7-17(23-2)8-6-16/h3-8,13-14H,9-12H2,1-2H3/b15-14+. The first-order chi connectivity index (χ1) is 11.7. The average Bonchev–Trinajstić information content (AvgIpc) is 3.14. The molecule has 0 bridgehead atoms. The number of benzene rings is 1. The molecule has 5 heteroatoms. The molecule has 1 aromatic carbocycles. The third-order valence-corrected chi connectivity index (χ3v) is 5.06. The van der Waals surface area contributed by atoms with Crippen molar-refractivity contribution in [2.24, 2.45) is 0 Å². The van der Waals surface area contributed by atoms with Crippen LogP contribution < -0.4 is 9.64 Å². The molecule has 1 fully saturated rings. The Labute approximate surface area is 147 Å². The largest absolute Gasteiger partial charge is 0.497 e. The molecule has 1 aliphatic heterocycles. The van der Waals surface area contributed by atoms with Crippen molar-refractivity contribution in [1.29, 1.82) is 0 Å². The molecule has 2 aromatic rings. The van der Waals surface area contributed by atoms with Crippen molar-refractivity contribution < 1.29 is 9.53 Å². The topological polar surface area (TPSA) is 32.8 Å². The van der Waals surface area contributed by atoms with E-state index >= 15 is 0 Å². The highest BCUT2D eigenvalue weighted by molar-refractivity contribution is 7.10. The molecule has 0 atom stereocenters. The lowest BCUT2D eigenvalue weighted by atomic mass is 10.2. The number of carbonyl (C=O) groups excluding carboxylic acids is 1. The second-order valence-corrected chi connectivity index (χ2v) is 6.80. The molecule has 1 aromatic heterocycles. The van der Waals surface area contributed by atoms with E-state index in [0.717, 1.165) is 42.4 Å². The maximum absolute atomic E-state index is 12.6. The fourth-order valence-corrected chi connectivity index (χ4v) is 3.57. The molecule has 0 spiro atoms. The highest BCUT2D eigenvalue weighted by Gasteiger charge is 2.22. The van der Waals surface area contributed by atoms with E-state index < -0.39 is 0 Å². The minimum Gasteiger partial charge on any atom is -0.497 e. The quantitative estimate of drug-likeness (QED) is 0.797. The van der Waals surface area contributed by atoms with Crippen LogP contribution in [0.3, 0.4) is 0 Å². The first-order valence-corrected chi connectivity index (χ1v) is 8.95. The summed E-state index contributed by atoms with van der Waals surface area (Å²) in [6, 6.07) is 12.1. The number of amides is 1. The molecule has 3 rings (SSSR count). The zero-order valence-electron chi connectivity index (χ0n) is 14.1. The average molecular weight is 342 g/mol. The molecule has 0 N–H and O–H groups in total. The summed E-state index contributed by atoms with van der Waals surface area (Å²) >= 11 is 1.65. The summed E-state index contributed by atoms with van der Waals surface area (Å²) < 4.78 is 5.20. The monoisotopic (exact) mass is 342 g/mol. The molecular weight excluding hydrogens is 320 g/mol. The van der Waals surface area contributed by atoms with Crippen LogP contribution in [-0.2, 0) is 4.79 Å². The smallest absolute Gasteiger partial charge is 0.249 e. The zero-order chi connectivity index (χ0) is 16.9. The third kappa shape index (κ3) is 3.79. The van der Waals surface area contributed by atoms with Gasteiger partial charge in [-0.1, -0.05) is 6.07 Å². The summed E-state index contributed by atoms with van der Waals surface area (Å²) in [7, 11) is 1.67. The normalized spacial score (nSPS) is 15.5. The molecule has 4 nitrogen and oxygen atoms in total. The van der Waals surface area contributed by atoms with Gasteiger partial charge in [0.1, 0.15) is 5.75 Å². The van der Waals surface area contributed by atoms with Gasteiger partial charge in [-0.25, -0.2) is 0 Å². The summed E-state index contributed by atoms with van der Waals surface area (Å²) in [5.74, 6) is 1.000. The summed E-state index contributed by atoms with van der Waals surface area (Å²) in [5, 5.41) is 2.03. The van der Waals surface area contributed by atoms with Gasteiger partial charge < -0.3 is 14.5 Å². The number of rotatable bonds is 4. The van der Waals surface area contributed by atoms with E-state index in [4.69, 9.17) is 4.74 Å². The Morgan fingerprint density at radius 2 is 1.83 bits per heavy atom. The van der Waals surface area contributed by atoms with Crippen molar-refractivity contribution in [3.8, 4) is 5.75 Å². The van der Waals surface area contributed by atoms with E-state index in [9.17, 15) is 4.79 Å². The first kappa shape index (κ1) is 16.6. The van der Waals surface area contributed by atoms with Gasteiger partial charge in [-0.3, -0.25) is 4.79 Å². The van der Waals surface area contributed by atoms with Gasteiger partial charge in [-0.05, 0) is 48.7 Å². The maximum Gasteiger partial charge on any atom is 0.249 e. The van der Waals surface area contributed by atoms with Gasteiger partial charge in [0.15, 0.2) is 0 Å². The molecule has 0 saturated carbocycles. The molecule has 126 valence electrons. The molecule has 1 aliphatic rings. The van der Waals surface area contributed by atoms with Gasteiger partial charge in [0.25, 0.3) is 0 Å². The van der Waals surface area contributed by atoms with Crippen LogP contribution >= 0.6 is 11.3 Å². The van der Waals surface area contributed by atoms with E-state index in [1.165, 1.54) is 5.69 Å². The molecule has 0 unspecified atom stereocenters. The highest BCUT2D eigenvalue weighted by Crippen LogP contribution is 2.21. The Balaban J connectivity index is 1.59. The lowest BCUT2D eigenvalue weighted by Crippen LogP contribution is -2.49. The van der Waals surface area contributed by atoms with Crippen molar-refractivity contribution in [2.45, 2.75) is 6.92 Å². The Bertz CT molecular complexity index is 699. The van der Waals surface area contributed by atoms with Crippen LogP contribution in [0.15, 0.2) is 47.4 Å². The maximum atomic E-state index is 12.6. The van der Waals surface area contributed by atoms with E-state index in [0.29, 0.717) is 0 Å². The Morgan fingerprint density at radius 1 is 1.12 bits per heavy atom. The third-order valence-electron chi connectivity index (χ3n) is 4.24. The molecule has 2 heterocycles. The van der Waals surface area contributed by atoms with Gasteiger partial charge in [-0.2, -0.15) is 0 Å². The number of ether oxygens (including phenoxy) is 1. The molecule has 0 radical (unpaired) electrons. The minimum atomic E-state index is 0.137. The number of anilines is 1. The summed E-state index contributed by atoms with van der Waals surface area (Å²) in [4.78, 5) is 18.0. The number of methoxy groups -OCH3 is 1. The second-order valence-electron chi connectivity index (χ2n) is 5.82. The number of hydrogen-bond acceptors (Lipinski definition) is 4. The number of hydrogen-bond donors (Lipinski definition) is 0. The summed E-state index contributed by atoms with van der Waals surface area (Å²) in [6.07, 6.45) is 1.98. The predicted molar refractivity (Wildman–Crippen MR) is 99.8 cm³/mol. The highest BCUT2D eigenvalue weighted by atomic mass is 32.1. The minimum absolute atomic E-state index is 0.137. The van der Waals surface area contributed by atoms with Crippen molar-refractivity contribution in [2.75, 3.05) is 38.2 Å². The first-order valence-electron chi connectivity index (χ1n) is 8.07. The number of thiophene rings is 1. The molecule has 0 aliphatic carbocycles. The SMILES string of the molecule is COc1ccc(N2CCN(C(=O)/C(C)=C/c3cccs3)CC2)cc1. The Morgan fingerprint density at radius 3 is 2.42 bits per heavy atom. The van der Waals surface area contributed by atoms with Gasteiger partial charge in [0, 0.05) is 42.3 Å². The molecular formula is C19H22N2O2S. The van der Waals surface area contributed by atoms with Gasteiger partial charge in [-0.15, -0.1) is 11.3 Å². The lowest BCUT2D eigenvalue weighted by molar-refractivity contribution is -0.127. The molecule has 1 amide bonds. The molecule has 24 heavy (non-hydrogen) atoms. The summed E-state index contributed by atoms with van der Waals surface area (Å²) in [5.41, 5.74) is 1.98. The number of carbonyl (C=O) groups is 1.